The van der Waals surface area contributed by atoms with Gasteiger partial charge in [-0.3, -0.25) is 5.32 Å². The van der Waals surface area contributed by atoms with Crippen LogP contribution in [-0.4, -0.2) is 35.1 Å². The van der Waals surface area contributed by atoms with Crippen LogP contribution in [0.15, 0.2) is 0 Å². The normalized spacial score (nSPS) is 10.2. The van der Waals surface area contributed by atoms with Gasteiger partial charge in [-0.1, -0.05) is 32.6 Å². The first kappa shape index (κ1) is 17.2. The minimum absolute atomic E-state index is 0.0643. The van der Waals surface area contributed by atoms with E-state index in [4.69, 9.17) is 4.74 Å². The van der Waals surface area contributed by atoms with Crippen molar-refractivity contribution in [2.45, 2.75) is 39.0 Å². The van der Waals surface area contributed by atoms with E-state index in [-0.39, 0.29) is 16.4 Å². The molecule has 1 rings (SSSR count). The molecule has 0 fully saturated rings. The van der Waals surface area contributed by atoms with Crippen molar-refractivity contribution in [3.8, 4) is 5.88 Å². The van der Waals surface area contributed by atoms with E-state index in [2.05, 4.69) is 21.9 Å². The number of urea groups is 1. The summed E-state index contributed by atoms with van der Waals surface area (Å²) < 4.78 is 9.38. The Morgan fingerprint density at radius 2 is 2.00 bits per heavy atom. The molecule has 0 saturated carbocycles. The average molecular weight is 315 g/mol. The van der Waals surface area contributed by atoms with Gasteiger partial charge in [-0.05, 0) is 18.0 Å². The van der Waals surface area contributed by atoms with Gasteiger partial charge >= 0.3 is 12.0 Å². The molecule has 2 amide bonds. The third-order valence-electron chi connectivity index (χ3n) is 2.82. The van der Waals surface area contributed by atoms with Gasteiger partial charge in [0.25, 0.3) is 0 Å². The Morgan fingerprint density at radius 1 is 1.29 bits per heavy atom. The molecule has 0 aromatic carbocycles. The summed E-state index contributed by atoms with van der Waals surface area (Å²) in [4.78, 5) is 22.5. The molecule has 21 heavy (non-hydrogen) atoms. The number of nitrogens with zero attached hydrogens (tertiary/aromatic N) is 1. The van der Waals surface area contributed by atoms with Crippen molar-refractivity contribution in [3.05, 3.63) is 5.56 Å². The third-order valence-corrected chi connectivity index (χ3v) is 3.56. The van der Waals surface area contributed by atoms with E-state index < -0.39 is 12.0 Å². The van der Waals surface area contributed by atoms with E-state index in [9.17, 15) is 14.7 Å². The number of carbonyl (C=O) groups excluding carboxylic acids is 1. The van der Waals surface area contributed by atoms with E-state index in [1.807, 2.05) is 0 Å². The van der Waals surface area contributed by atoms with Gasteiger partial charge in [-0.2, -0.15) is 4.37 Å². The molecular formula is C13H21N3O4S. The monoisotopic (exact) mass is 315 g/mol. The number of nitrogens with one attached hydrogen (secondary N) is 2. The number of hydrogen-bond acceptors (Lipinski definition) is 5. The number of carboxylic acids is 1. The highest BCUT2D eigenvalue weighted by Crippen LogP contribution is 2.30. The molecule has 0 spiro atoms. The molecule has 0 radical (unpaired) electrons. The van der Waals surface area contributed by atoms with Crippen LogP contribution >= 0.6 is 11.5 Å². The van der Waals surface area contributed by atoms with Gasteiger partial charge in [0, 0.05) is 7.05 Å². The molecule has 0 aliphatic heterocycles. The smallest absolute Gasteiger partial charge is 0.344 e. The van der Waals surface area contributed by atoms with Gasteiger partial charge in [0.05, 0.1) is 6.61 Å². The first-order chi connectivity index (χ1) is 10.1. The molecule has 8 heteroatoms. The largest absolute Gasteiger partial charge is 0.477 e. The number of carboxylic acid groups (broad SMARTS) is 1. The van der Waals surface area contributed by atoms with Gasteiger partial charge < -0.3 is 15.2 Å². The highest BCUT2D eigenvalue weighted by atomic mass is 32.1. The van der Waals surface area contributed by atoms with Crippen LogP contribution in [-0.2, 0) is 0 Å². The zero-order valence-electron chi connectivity index (χ0n) is 12.3. The maximum absolute atomic E-state index is 11.3. The first-order valence-corrected chi connectivity index (χ1v) is 7.72. The fourth-order valence-corrected chi connectivity index (χ4v) is 2.41. The lowest BCUT2D eigenvalue weighted by Crippen LogP contribution is -2.24. The summed E-state index contributed by atoms with van der Waals surface area (Å²) in [5.74, 6) is -1.11. The number of amides is 2. The Bertz CT molecular complexity index is 476. The Morgan fingerprint density at radius 3 is 2.62 bits per heavy atom. The predicted molar refractivity (Wildman–Crippen MR) is 81.4 cm³/mol. The van der Waals surface area contributed by atoms with Crippen LogP contribution in [0.25, 0.3) is 0 Å². The lowest BCUT2D eigenvalue weighted by molar-refractivity contribution is 0.0693. The van der Waals surface area contributed by atoms with E-state index in [1.165, 1.54) is 19.9 Å². The number of rotatable bonds is 9. The summed E-state index contributed by atoms with van der Waals surface area (Å²) in [6.45, 7) is 2.57. The van der Waals surface area contributed by atoms with Gasteiger partial charge in [-0.25, -0.2) is 9.59 Å². The summed E-state index contributed by atoms with van der Waals surface area (Å²) in [5.41, 5.74) is -0.0999. The molecule has 0 saturated heterocycles. The van der Waals surface area contributed by atoms with E-state index in [0.717, 1.165) is 30.8 Å². The van der Waals surface area contributed by atoms with Crippen LogP contribution in [0.4, 0.5) is 9.80 Å². The summed E-state index contributed by atoms with van der Waals surface area (Å²) in [6.07, 6.45) is 5.41. The lowest BCUT2D eigenvalue weighted by atomic mass is 10.2. The van der Waals surface area contributed by atoms with Crippen molar-refractivity contribution >= 4 is 28.5 Å². The topological polar surface area (TPSA) is 101 Å². The molecule has 0 atom stereocenters. The SMILES string of the molecule is CCCCCCCOc1nsc(NC(=O)NC)c1C(=O)O. The van der Waals surface area contributed by atoms with E-state index in [0.29, 0.717) is 6.61 Å². The molecular weight excluding hydrogens is 294 g/mol. The van der Waals surface area contributed by atoms with Crippen molar-refractivity contribution in [1.29, 1.82) is 0 Å². The maximum Gasteiger partial charge on any atom is 0.344 e. The van der Waals surface area contributed by atoms with Crippen LogP contribution in [0, 0.1) is 0 Å². The lowest BCUT2D eigenvalue weighted by Gasteiger charge is -2.05. The fraction of sp³-hybridized carbons (Fsp3) is 0.615. The molecule has 0 aliphatic carbocycles. The van der Waals surface area contributed by atoms with Crippen molar-refractivity contribution in [2.24, 2.45) is 0 Å². The third kappa shape index (κ3) is 5.58. The number of anilines is 1. The predicted octanol–water partition coefficient (Wildman–Crippen LogP) is 2.94. The molecule has 0 aliphatic rings. The van der Waals surface area contributed by atoms with Gasteiger partial charge in [0.15, 0.2) is 5.56 Å². The molecule has 1 aromatic rings. The van der Waals surface area contributed by atoms with E-state index in [1.54, 1.807) is 0 Å². The highest BCUT2D eigenvalue weighted by molar-refractivity contribution is 7.11. The molecule has 7 nitrogen and oxygen atoms in total. The number of hydrogen-bond donors (Lipinski definition) is 3. The van der Waals surface area contributed by atoms with Crippen molar-refractivity contribution in [1.82, 2.24) is 9.69 Å². The zero-order chi connectivity index (χ0) is 15.7. The highest BCUT2D eigenvalue weighted by Gasteiger charge is 2.22. The maximum atomic E-state index is 11.3. The van der Waals surface area contributed by atoms with Crippen molar-refractivity contribution in [2.75, 3.05) is 19.0 Å². The summed E-state index contributed by atoms with van der Waals surface area (Å²) in [5, 5.41) is 14.2. The molecule has 1 heterocycles. The molecule has 1 aromatic heterocycles. The second kappa shape index (κ2) is 9.17. The molecule has 0 unspecified atom stereocenters. The van der Waals surface area contributed by atoms with Gasteiger partial charge in [0.2, 0.25) is 5.88 Å². The number of ether oxygens (including phenoxy) is 1. The summed E-state index contributed by atoms with van der Waals surface area (Å²) in [7, 11) is 1.45. The standard InChI is InChI=1S/C13H21N3O4S/c1-3-4-5-6-7-8-20-10-9(12(17)18)11(21-16-10)15-13(19)14-2/h3-8H2,1-2H3,(H,17,18)(H2,14,15,19). The average Bonchev–Trinajstić information content (AvgIpc) is 2.85. The Balaban J connectivity index is 2.57. The van der Waals surface area contributed by atoms with Gasteiger partial charge in [0.1, 0.15) is 5.00 Å². The minimum Gasteiger partial charge on any atom is -0.477 e. The van der Waals surface area contributed by atoms with Gasteiger partial charge in [-0.15, -0.1) is 0 Å². The van der Waals surface area contributed by atoms with Crippen LogP contribution in [0.5, 0.6) is 5.88 Å². The number of carbonyl (C=O) groups is 2. The Kier molecular flexibility index (Phi) is 7.52. The number of unbranched alkanes of at least 4 members (excludes halogenated alkanes) is 4. The zero-order valence-corrected chi connectivity index (χ0v) is 13.1. The molecule has 3 N–H and O–H groups in total. The second-order valence-corrected chi connectivity index (χ2v) is 5.24. The second-order valence-electron chi connectivity index (χ2n) is 4.46. The minimum atomic E-state index is -1.17. The number of aromatic carboxylic acids is 1. The molecule has 0 bridgehead atoms. The van der Waals surface area contributed by atoms with E-state index >= 15 is 0 Å². The van der Waals surface area contributed by atoms with Crippen LogP contribution in [0.1, 0.15) is 49.4 Å². The van der Waals surface area contributed by atoms with Crippen molar-refractivity contribution < 1.29 is 19.4 Å². The first-order valence-electron chi connectivity index (χ1n) is 6.94. The quantitative estimate of drug-likeness (QED) is 0.608. The summed E-state index contributed by atoms with van der Waals surface area (Å²) >= 11 is 0.892. The Hall–Kier alpha value is -1.83. The van der Waals surface area contributed by atoms with Crippen LogP contribution in [0.2, 0.25) is 0 Å². The Labute approximate surface area is 127 Å². The summed E-state index contributed by atoms with van der Waals surface area (Å²) in [6, 6.07) is -0.493. The van der Waals surface area contributed by atoms with Crippen LogP contribution in [0.3, 0.4) is 0 Å². The molecule has 118 valence electrons. The van der Waals surface area contributed by atoms with Crippen LogP contribution < -0.4 is 15.4 Å². The fourth-order valence-electron chi connectivity index (χ4n) is 1.69. The van der Waals surface area contributed by atoms with Crippen molar-refractivity contribution in [3.63, 3.8) is 0 Å². The number of aromatic nitrogens is 1.